The fraction of sp³-hybridized carbons (Fsp3) is 0.240. The van der Waals surface area contributed by atoms with Crippen LogP contribution in [0, 0.1) is 0 Å². The third kappa shape index (κ3) is 6.49. The number of thiophene rings is 1. The molecule has 11 nitrogen and oxygen atoms in total. The lowest BCUT2D eigenvalue weighted by Gasteiger charge is -2.17. The van der Waals surface area contributed by atoms with Crippen LogP contribution in [-0.2, 0) is 28.7 Å². The van der Waals surface area contributed by atoms with Gasteiger partial charge in [0.25, 0.3) is 0 Å². The number of nitrogens with zero attached hydrogens (tertiary/aromatic N) is 4. The molecule has 1 amide bonds. The molecule has 0 aliphatic carbocycles. The van der Waals surface area contributed by atoms with E-state index in [0.29, 0.717) is 28.6 Å². The topological polar surface area (TPSA) is 136 Å². The third-order valence-corrected chi connectivity index (χ3v) is 7.85. The van der Waals surface area contributed by atoms with Crippen molar-refractivity contribution in [1.29, 1.82) is 0 Å². The number of hydrogen-bond acceptors (Lipinski definition) is 9. The van der Waals surface area contributed by atoms with Gasteiger partial charge in [-0.25, -0.2) is 18.6 Å². The lowest BCUT2D eigenvalue weighted by molar-refractivity contribution is -0.130. The Hall–Kier alpha value is -3.94. The highest BCUT2D eigenvalue weighted by Crippen LogP contribution is 2.34. The Morgan fingerprint density at radius 2 is 1.87 bits per heavy atom. The SMILES string of the molecule is COc1ccc(C[C@@H](CC(=O)NO)n2cc(CN(c3ccc(-c4ccccc4)s3)[SH](=O)=O)nn2)cc1OC. The normalized spacial score (nSPS) is 11.8. The fourth-order valence-electron chi connectivity index (χ4n) is 3.96. The molecule has 200 valence electrons. The van der Waals surface area contributed by atoms with Crippen molar-refractivity contribution in [3.05, 3.63) is 78.1 Å². The molecule has 0 fully saturated rings. The number of methoxy groups -OCH3 is 2. The van der Waals surface area contributed by atoms with Crippen molar-refractivity contribution in [2.24, 2.45) is 0 Å². The van der Waals surface area contributed by atoms with Crippen LogP contribution in [0.15, 0.2) is 66.9 Å². The Labute approximate surface area is 225 Å². The van der Waals surface area contributed by atoms with Crippen molar-refractivity contribution < 1.29 is 27.9 Å². The number of benzene rings is 2. The summed E-state index contributed by atoms with van der Waals surface area (Å²) in [5, 5.41) is 18.0. The second-order valence-electron chi connectivity index (χ2n) is 8.28. The molecule has 2 aromatic carbocycles. The maximum absolute atomic E-state index is 12.1. The van der Waals surface area contributed by atoms with Crippen LogP contribution in [0.2, 0.25) is 0 Å². The average Bonchev–Trinajstić information content (AvgIpc) is 3.61. The third-order valence-electron chi connectivity index (χ3n) is 5.81. The van der Waals surface area contributed by atoms with Gasteiger partial charge in [-0.1, -0.05) is 41.6 Å². The number of aromatic nitrogens is 3. The second kappa shape index (κ2) is 12.5. The van der Waals surface area contributed by atoms with Crippen molar-refractivity contribution in [3.8, 4) is 21.9 Å². The van der Waals surface area contributed by atoms with E-state index in [1.807, 2.05) is 42.5 Å². The zero-order valence-electron chi connectivity index (χ0n) is 20.7. The van der Waals surface area contributed by atoms with Gasteiger partial charge in [0.1, 0.15) is 10.7 Å². The Kier molecular flexibility index (Phi) is 8.94. The minimum absolute atomic E-state index is 0.0251. The van der Waals surface area contributed by atoms with Crippen molar-refractivity contribution in [2.75, 3.05) is 18.5 Å². The number of hydroxylamine groups is 1. The summed E-state index contributed by atoms with van der Waals surface area (Å²) in [6, 6.07) is 18.2. The molecule has 0 aliphatic rings. The molecule has 0 aliphatic heterocycles. The van der Waals surface area contributed by atoms with Crippen molar-refractivity contribution in [2.45, 2.75) is 25.4 Å². The Bertz CT molecular complexity index is 1450. The first kappa shape index (κ1) is 27.1. The average molecular weight is 558 g/mol. The Balaban J connectivity index is 1.55. The van der Waals surface area contributed by atoms with Gasteiger partial charge in [0.05, 0.1) is 39.4 Å². The predicted octanol–water partition coefficient (Wildman–Crippen LogP) is 3.24. The second-order valence-corrected chi connectivity index (χ2v) is 10.3. The van der Waals surface area contributed by atoms with Crippen LogP contribution >= 0.6 is 11.3 Å². The molecule has 38 heavy (non-hydrogen) atoms. The standard InChI is InChI=1S/C25H27N5O6S2/c1-35-21-9-8-17(13-22(21)36-2)12-20(14-24(31)27-32)29-15-19(26-28-29)16-30(38(33)34)25-11-10-23(37-25)18-6-4-3-5-7-18/h3-11,13,15,20,32,38H,12,14,16H2,1-2H3,(H,27,31)/t20-/m0/s1. The summed E-state index contributed by atoms with van der Waals surface area (Å²) >= 11 is 1.36. The highest BCUT2D eigenvalue weighted by atomic mass is 32.2. The first-order valence-electron chi connectivity index (χ1n) is 11.5. The Morgan fingerprint density at radius 3 is 2.55 bits per heavy atom. The molecule has 0 spiro atoms. The maximum atomic E-state index is 12.1. The van der Waals surface area contributed by atoms with Gasteiger partial charge in [0.2, 0.25) is 16.8 Å². The zero-order chi connectivity index (χ0) is 27.1. The molecular weight excluding hydrogens is 530 g/mol. The van der Waals surface area contributed by atoms with Gasteiger partial charge in [-0.2, -0.15) is 0 Å². The minimum Gasteiger partial charge on any atom is -0.493 e. The van der Waals surface area contributed by atoms with Crippen molar-refractivity contribution in [3.63, 3.8) is 0 Å². The van der Waals surface area contributed by atoms with Crippen molar-refractivity contribution >= 4 is 33.1 Å². The summed E-state index contributed by atoms with van der Waals surface area (Å²) in [4.78, 5) is 13.0. The Morgan fingerprint density at radius 1 is 1.11 bits per heavy atom. The summed E-state index contributed by atoms with van der Waals surface area (Å²) < 4.78 is 37.7. The molecule has 2 heterocycles. The van der Waals surface area contributed by atoms with Gasteiger partial charge in [0, 0.05) is 4.88 Å². The smallest absolute Gasteiger partial charge is 0.245 e. The summed E-state index contributed by atoms with van der Waals surface area (Å²) in [5.41, 5.74) is 3.89. The summed E-state index contributed by atoms with van der Waals surface area (Å²) in [6.07, 6.45) is 1.88. The van der Waals surface area contributed by atoms with Crippen LogP contribution < -0.4 is 19.3 Å². The number of amides is 1. The number of rotatable bonds is 12. The number of hydrogen-bond donors (Lipinski definition) is 3. The van der Waals surface area contributed by atoms with Crippen LogP contribution in [0.1, 0.15) is 23.7 Å². The molecular formula is C25H27N5O6S2. The van der Waals surface area contributed by atoms with E-state index in [0.717, 1.165) is 16.0 Å². The number of carbonyl (C=O) groups excluding carboxylic acids is 1. The quantitative estimate of drug-likeness (QED) is 0.137. The number of carbonyl (C=O) groups is 1. The highest BCUT2D eigenvalue weighted by molar-refractivity contribution is 7.74. The molecule has 4 rings (SSSR count). The number of anilines is 1. The number of thiol groups is 1. The predicted molar refractivity (Wildman–Crippen MR) is 143 cm³/mol. The number of ether oxygens (including phenoxy) is 2. The first-order chi connectivity index (χ1) is 18.4. The van der Waals surface area contributed by atoms with Gasteiger partial charge in [-0.05, 0) is 41.8 Å². The monoisotopic (exact) mass is 557 g/mol. The lowest BCUT2D eigenvalue weighted by Crippen LogP contribution is -2.25. The van der Waals surface area contributed by atoms with E-state index in [9.17, 15) is 13.2 Å². The molecule has 2 N–H and O–H groups in total. The van der Waals surface area contributed by atoms with E-state index >= 15 is 0 Å². The molecule has 1 atom stereocenters. The molecule has 2 aromatic heterocycles. The molecule has 0 saturated heterocycles. The minimum atomic E-state index is -2.95. The van der Waals surface area contributed by atoms with E-state index in [2.05, 4.69) is 10.3 Å². The largest absolute Gasteiger partial charge is 0.493 e. The van der Waals surface area contributed by atoms with Crippen LogP contribution in [0.5, 0.6) is 11.5 Å². The molecule has 0 radical (unpaired) electrons. The molecule has 0 bridgehead atoms. The number of nitrogens with one attached hydrogen (secondary N) is 1. The van der Waals surface area contributed by atoms with E-state index < -0.39 is 22.8 Å². The molecule has 13 heteroatoms. The lowest BCUT2D eigenvalue weighted by atomic mass is 10.0. The molecule has 0 unspecified atom stereocenters. The van der Waals surface area contributed by atoms with Gasteiger partial charge in [-0.15, -0.1) is 16.4 Å². The molecule has 4 aromatic rings. The van der Waals surface area contributed by atoms with Gasteiger partial charge < -0.3 is 9.47 Å². The first-order valence-corrected chi connectivity index (χ1v) is 13.5. The van der Waals surface area contributed by atoms with Crippen LogP contribution in [0.4, 0.5) is 5.00 Å². The summed E-state index contributed by atoms with van der Waals surface area (Å²) in [5.74, 6) is 0.513. The van der Waals surface area contributed by atoms with Crippen LogP contribution in [0.25, 0.3) is 10.4 Å². The van der Waals surface area contributed by atoms with E-state index in [1.165, 1.54) is 27.4 Å². The van der Waals surface area contributed by atoms with Gasteiger partial charge in [0.15, 0.2) is 11.5 Å². The van der Waals surface area contributed by atoms with E-state index in [-0.39, 0.29) is 13.0 Å². The zero-order valence-corrected chi connectivity index (χ0v) is 22.4. The van der Waals surface area contributed by atoms with Crippen LogP contribution in [-0.4, -0.2) is 48.7 Å². The summed E-state index contributed by atoms with van der Waals surface area (Å²) in [7, 11) is 0.126. The van der Waals surface area contributed by atoms with Gasteiger partial charge in [-0.3, -0.25) is 14.3 Å². The highest BCUT2D eigenvalue weighted by Gasteiger charge is 2.21. The maximum Gasteiger partial charge on any atom is 0.245 e. The summed E-state index contributed by atoms with van der Waals surface area (Å²) in [6.45, 7) is -0.0251. The van der Waals surface area contributed by atoms with E-state index in [1.54, 1.807) is 37.0 Å². The van der Waals surface area contributed by atoms with Gasteiger partial charge >= 0.3 is 0 Å². The van der Waals surface area contributed by atoms with E-state index in [4.69, 9.17) is 14.7 Å². The van der Waals surface area contributed by atoms with Crippen LogP contribution in [0.3, 0.4) is 0 Å². The van der Waals surface area contributed by atoms with Crippen molar-refractivity contribution in [1.82, 2.24) is 20.5 Å². The molecule has 0 saturated carbocycles. The fourth-order valence-corrected chi connectivity index (χ4v) is 5.69.